The van der Waals surface area contributed by atoms with Crippen LogP contribution in [0.5, 0.6) is 0 Å². The van der Waals surface area contributed by atoms with Gasteiger partial charge < -0.3 is 14.6 Å². The van der Waals surface area contributed by atoms with Gasteiger partial charge in [0.25, 0.3) is 0 Å². The molecule has 1 saturated heterocycles. The van der Waals surface area contributed by atoms with E-state index in [-0.39, 0.29) is 0 Å². The Balaban J connectivity index is 1.91. The van der Waals surface area contributed by atoms with Crippen molar-refractivity contribution in [1.29, 1.82) is 0 Å². The fraction of sp³-hybridized carbons (Fsp3) is 0.750. The van der Waals surface area contributed by atoms with Crippen LogP contribution in [0.2, 0.25) is 0 Å². The zero-order chi connectivity index (χ0) is 14.5. The lowest BCUT2D eigenvalue weighted by atomic mass is 10.1. The van der Waals surface area contributed by atoms with Crippen LogP contribution in [0.4, 0.5) is 0 Å². The highest BCUT2D eigenvalue weighted by molar-refractivity contribution is 5.17. The number of furan rings is 1. The van der Waals surface area contributed by atoms with E-state index in [2.05, 4.69) is 49.0 Å². The number of rotatable bonds is 6. The number of hydrogen-bond acceptors (Lipinski definition) is 4. The summed E-state index contributed by atoms with van der Waals surface area (Å²) in [4.78, 5) is 4.99. The van der Waals surface area contributed by atoms with Gasteiger partial charge in [-0.3, -0.25) is 4.90 Å². The van der Waals surface area contributed by atoms with Gasteiger partial charge in [0.1, 0.15) is 5.76 Å². The molecule has 2 heterocycles. The molecule has 1 N–H and O–H groups in total. The maximum absolute atomic E-state index is 5.70. The van der Waals surface area contributed by atoms with Gasteiger partial charge in [0.2, 0.25) is 0 Å². The molecule has 1 aromatic rings. The molecule has 1 fully saturated rings. The predicted octanol–water partition coefficient (Wildman–Crippen LogP) is 2.30. The molecule has 4 heteroatoms. The van der Waals surface area contributed by atoms with Crippen molar-refractivity contribution in [1.82, 2.24) is 15.1 Å². The molecule has 4 nitrogen and oxygen atoms in total. The van der Waals surface area contributed by atoms with E-state index in [1.54, 1.807) is 0 Å². The van der Waals surface area contributed by atoms with Crippen LogP contribution >= 0.6 is 0 Å². The first kappa shape index (κ1) is 15.5. The van der Waals surface area contributed by atoms with Crippen molar-refractivity contribution in [3.63, 3.8) is 0 Å². The summed E-state index contributed by atoms with van der Waals surface area (Å²) in [5.41, 5.74) is 1.30. The van der Waals surface area contributed by atoms with Gasteiger partial charge >= 0.3 is 0 Å². The maximum atomic E-state index is 5.70. The van der Waals surface area contributed by atoms with Crippen molar-refractivity contribution in [2.75, 3.05) is 26.7 Å². The average molecular weight is 279 g/mol. The van der Waals surface area contributed by atoms with Crippen LogP contribution in [0.25, 0.3) is 0 Å². The molecule has 0 aromatic carbocycles. The van der Waals surface area contributed by atoms with Crippen LogP contribution in [0, 0.1) is 0 Å². The van der Waals surface area contributed by atoms with E-state index in [0.29, 0.717) is 12.1 Å². The number of likely N-dealkylation sites (N-methyl/N-ethyl adjacent to an activating group) is 1. The summed E-state index contributed by atoms with van der Waals surface area (Å²) in [6.07, 6.45) is 3.03. The Hall–Kier alpha value is -0.840. The van der Waals surface area contributed by atoms with Crippen LogP contribution < -0.4 is 5.32 Å². The minimum Gasteiger partial charge on any atom is -0.468 e. The van der Waals surface area contributed by atoms with Crippen molar-refractivity contribution >= 4 is 0 Å². The molecule has 1 unspecified atom stereocenters. The van der Waals surface area contributed by atoms with E-state index in [0.717, 1.165) is 38.5 Å². The molecule has 20 heavy (non-hydrogen) atoms. The molecule has 1 aliphatic rings. The highest BCUT2D eigenvalue weighted by Crippen LogP contribution is 2.17. The van der Waals surface area contributed by atoms with Gasteiger partial charge in [0.15, 0.2) is 0 Å². The van der Waals surface area contributed by atoms with Crippen LogP contribution in [-0.2, 0) is 13.1 Å². The summed E-state index contributed by atoms with van der Waals surface area (Å²) >= 11 is 0. The van der Waals surface area contributed by atoms with Crippen LogP contribution in [0.15, 0.2) is 16.7 Å². The van der Waals surface area contributed by atoms with Gasteiger partial charge in [0.05, 0.1) is 12.8 Å². The number of piperazine rings is 1. The second-order valence-electron chi connectivity index (χ2n) is 6.18. The Bertz CT molecular complexity index is 402. The highest BCUT2D eigenvalue weighted by atomic mass is 16.3. The SMILES string of the molecule is CCC1CN(Cc2occc2CNC(C)C)CCN1C. The Kier molecular flexibility index (Phi) is 5.64. The van der Waals surface area contributed by atoms with Crippen LogP contribution in [-0.4, -0.2) is 48.6 Å². The summed E-state index contributed by atoms with van der Waals surface area (Å²) < 4.78 is 5.70. The standard InChI is InChI=1S/C16H29N3O/c1-5-15-11-19(8-7-18(15)4)12-16-14(6-9-20-16)10-17-13(2)3/h6,9,13,15,17H,5,7-8,10-12H2,1-4H3. The summed E-state index contributed by atoms with van der Waals surface area (Å²) in [6, 6.07) is 3.28. The molecule has 2 rings (SSSR count). The van der Waals surface area contributed by atoms with Gasteiger partial charge in [-0.2, -0.15) is 0 Å². The molecule has 114 valence electrons. The summed E-state index contributed by atoms with van der Waals surface area (Å²) in [7, 11) is 2.23. The Morgan fingerprint density at radius 1 is 1.40 bits per heavy atom. The van der Waals surface area contributed by atoms with Crippen molar-refractivity contribution in [2.45, 2.75) is 52.4 Å². The Labute approximate surface area is 123 Å². The second kappa shape index (κ2) is 7.25. The third-order valence-electron chi connectivity index (χ3n) is 4.24. The van der Waals surface area contributed by atoms with Crippen molar-refractivity contribution in [3.8, 4) is 0 Å². The van der Waals surface area contributed by atoms with E-state index in [1.807, 2.05) is 6.26 Å². The molecule has 1 atom stereocenters. The molecular formula is C16H29N3O. The van der Waals surface area contributed by atoms with E-state index in [1.165, 1.54) is 12.0 Å². The molecule has 1 aromatic heterocycles. The van der Waals surface area contributed by atoms with Crippen molar-refractivity contribution < 1.29 is 4.42 Å². The predicted molar refractivity (Wildman–Crippen MR) is 82.7 cm³/mol. The largest absolute Gasteiger partial charge is 0.468 e. The minimum atomic E-state index is 0.505. The third kappa shape index (κ3) is 4.08. The molecule has 0 spiro atoms. The monoisotopic (exact) mass is 279 g/mol. The van der Waals surface area contributed by atoms with Crippen molar-refractivity contribution in [3.05, 3.63) is 23.7 Å². The number of hydrogen-bond donors (Lipinski definition) is 1. The zero-order valence-corrected chi connectivity index (χ0v) is 13.4. The van der Waals surface area contributed by atoms with Crippen molar-refractivity contribution in [2.24, 2.45) is 0 Å². The minimum absolute atomic E-state index is 0.505. The first-order valence-corrected chi connectivity index (χ1v) is 7.81. The van der Waals surface area contributed by atoms with Gasteiger partial charge in [-0.15, -0.1) is 0 Å². The first-order chi connectivity index (χ1) is 9.60. The van der Waals surface area contributed by atoms with E-state index >= 15 is 0 Å². The Morgan fingerprint density at radius 2 is 2.20 bits per heavy atom. The fourth-order valence-corrected chi connectivity index (χ4v) is 2.78. The Morgan fingerprint density at radius 3 is 2.90 bits per heavy atom. The normalized spacial score (nSPS) is 21.8. The maximum Gasteiger partial charge on any atom is 0.122 e. The third-order valence-corrected chi connectivity index (χ3v) is 4.24. The summed E-state index contributed by atoms with van der Waals surface area (Å²) in [6.45, 7) is 11.9. The topological polar surface area (TPSA) is 31.7 Å². The first-order valence-electron chi connectivity index (χ1n) is 7.81. The molecule has 0 saturated carbocycles. The smallest absolute Gasteiger partial charge is 0.122 e. The highest BCUT2D eigenvalue weighted by Gasteiger charge is 2.24. The molecule has 0 amide bonds. The van der Waals surface area contributed by atoms with Crippen LogP contribution in [0.1, 0.15) is 38.5 Å². The molecule has 0 aliphatic carbocycles. The lowest BCUT2D eigenvalue weighted by Crippen LogP contribution is -2.50. The fourth-order valence-electron chi connectivity index (χ4n) is 2.78. The molecule has 0 radical (unpaired) electrons. The van der Waals surface area contributed by atoms with Gasteiger partial charge in [-0.05, 0) is 19.5 Å². The van der Waals surface area contributed by atoms with E-state index < -0.39 is 0 Å². The average Bonchev–Trinajstić information content (AvgIpc) is 2.86. The van der Waals surface area contributed by atoms with E-state index in [4.69, 9.17) is 4.42 Å². The van der Waals surface area contributed by atoms with Gasteiger partial charge in [0, 0.05) is 43.8 Å². The number of nitrogens with one attached hydrogen (secondary N) is 1. The second-order valence-corrected chi connectivity index (χ2v) is 6.18. The molecule has 0 bridgehead atoms. The van der Waals surface area contributed by atoms with Gasteiger partial charge in [-0.1, -0.05) is 20.8 Å². The summed E-state index contributed by atoms with van der Waals surface area (Å²) in [5.74, 6) is 1.12. The van der Waals surface area contributed by atoms with E-state index in [9.17, 15) is 0 Å². The lowest BCUT2D eigenvalue weighted by molar-refractivity contribution is 0.0832. The molecule has 1 aliphatic heterocycles. The number of nitrogens with zero attached hydrogens (tertiary/aromatic N) is 2. The van der Waals surface area contributed by atoms with Crippen LogP contribution in [0.3, 0.4) is 0 Å². The summed E-state index contributed by atoms with van der Waals surface area (Å²) in [5, 5.41) is 3.47. The lowest BCUT2D eigenvalue weighted by Gasteiger charge is -2.38. The quantitative estimate of drug-likeness (QED) is 0.866. The molecular weight excluding hydrogens is 250 g/mol. The zero-order valence-electron chi connectivity index (χ0n) is 13.4. The van der Waals surface area contributed by atoms with Gasteiger partial charge in [-0.25, -0.2) is 0 Å².